The Bertz CT molecular complexity index is 796. The number of hydrogen-bond donors (Lipinski definition) is 1. The van der Waals surface area contributed by atoms with E-state index < -0.39 is 35.0 Å². The standard InChI is InChI=1S/C25H48FN3O3Si2/c1-12-30-15-19-14-27-17-28-23(19)29-20-13-18(16-31-33(8,9)24(2,3)4)22(21(20)26)32-34(10,11)25(5,6)7/h14,17-18,20-22H,12-13,15-16H2,1-11H3,(H,27,28,29)/t18-,20-,21-,22?/m1/s1. The Balaban J connectivity index is 2.27. The summed E-state index contributed by atoms with van der Waals surface area (Å²) in [5.41, 5.74) is 0.833. The fourth-order valence-electron chi connectivity index (χ4n) is 3.57. The van der Waals surface area contributed by atoms with Gasteiger partial charge in [-0.05, 0) is 49.6 Å². The minimum atomic E-state index is -2.17. The van der Waals surface area contributed by atoms with Gasteiger partial charge < -0.3 is 18.9 Å². The van der Waals surface area contributed by atoms with Crippen molar-refractivity contribution in [2.75, 3.05) is 18.5 Å². The van der Waals surface area contributed by atoms with Crippen LogP contribution in [-0.4, -0.2) is 58.1 Å². The lowest BCUT2D eigenvalue weighted by atomic mass is 10.1. The third-order valence-electron chi connectivity index (χ3n) is 7.99. The molecule has 1 fully saturated rings. The molecule has 0 aliphatic heterocycles. The van der Waals surface area contributed by atoms with Crippen LogP contribution in [0.15, 0.2) is 12.5 Å². The molecule has 9 heteroatoms. The van der Waals surface area contributed by atoms with Crippen LogP contribution >= 0.6 is 0 Å². The van der Waals surface area contributed by atoms with E-state index in [2.05, 4.69) is 83.0 Å². The normalized spacial score (nSPS) is 24.5. The first-order valence-electron chi connectivity index (χ1n) is 12.6. The Labute approximate surface area is 209 Å². The van der Waals surface area contributed by atoms with Gasteiger partial charge in [-0.15, -0.1) is 0 Å². The van der Waals surface area contributed by atoms with Crippen molar-refractivity contribution in [3.05, 3.63) is 18.1 Å². The third kappa shape index (κ3) is 7.09. The van der Waals surface area contributed by atoms with Gasteiger partial charge in [0, 0.05) is 30.9 Å². The highest BCUT2D eigenvalue weighted by Crippen LogP contribution is 2.43. The molecule has 196 valence electrons. The SMILES string of the molecule is CCOCc1cncnc1N[C@@H]1C[C@H](CO[Si](C)(C)C(C)(C)C)C(O[Si](C)(C)C(C)(C)C)[C@@H]1F. The average molecular weight is 514 g/mol. The predicted octanol–water partition coefficient (Wildman–Crippen LogP) is 6.56. The summed E-state index contributed by atoms with van der Waals surface area (Å²) in [5.74, 6) is 0.612. The van der Waals surface area contributed by atoms with Gasteiger partial charge in [0.2, 0.25) is 0 Å². The largest absolute Gasteiger partial charge is 0.416 e. The van der Waals surface area contributed by atoms with Crippen molar-refractivity contribution in [3.63, 3.8) is 0 Å². The number of rotatable bonds is 10. The van der Waals surface area contributed by atoms with Crippen LogP contribution in [0, 0.1) is 5.92 Å². The summed E-state index contributed by atoms with van der Waals surface area (Å²) in [6, 6.07) is -0.405. The zero-order valence-electron chi connectivity index (χ0n) is 23.3. The van der Waals surface area contributed by atoms with Gasteiger partial charge in [-0.3, -0.25) is 0 Å². The van der Waals surface area contributed by atoms with Crippen molar-refractivity contribution in [2.24, 2.45) is 5.92 Å². The van der Waals surface area contributed by atoms with E-state index in [0.717, 1.165) is 5.56 Å². The molecule has 1 unspecified atom stereocenters. The monoisotopic (exact) mass is 513 g/mol. The van der Waals surface area contributed by atoms with Gasteiger partial charge in [0.05, 0.1) is 18.8 Å². The maximum atomic E-state index is 16.1. The lowest BCUT2D eigenvalue weighted by Gasteiger charge is -2.41. The second-order valence-corrected chi connectivity index (χ2v) is 22.2. The summed E-state index contributed by atoms with van der Waals surface area (Å²) in [4.78, 5) is 8.50. The van der Waals surface area contributed by atoms with Crippen molar-refractivity contribution in [3.8, 4) is 0 Å². The summed E-state index contributed by atoms with van der Waals surface area (Å²) in [7, 11) is -4.14. The maximum absolute atomic E-state index is 16.1. The van der Waals surface area contributed by atoms with Gasteiger partial charge in [-0.2, -0.15) is 0 Å². The second kappa shape index (κ2) is 11.0. The molecule has 4 atom stereocenters. The van der Waals surface area contributed by atoms with E-state index in [-0.39, 0.29) is 16.0 Å². The lowest BCUT2D eigenvalue weighted by molar-refractivity contribution is 0.0551. The van der Waals surface area contributed by atoms with E-state index in [1.165, 1.54) is 6.33 Å². The van der Waals surface area contributed by atoms with E-state index in [1.54, 1.807) is 6.20 Å². The molecule has 1 saturated carbocycles. The van der Waals surface area contributed by atoms with Crippen LogP contribution < -0.4 is 5.32 Å². The topological polar surface area (TPSA) is 65.5 Å². The molecule has 0 amide bonds. The third-order valence-corrected chi connectivity index (χ3v) is 17.0. The lowest BCUT2D eigenvalue weighted by Crippen LogP contribution is -2.49. The highest BCUT2D eigenvalue weighted by atomic mass is 28.4. The van der Waals surface area contributed by atoms with Gasteiger partial charge in [0.1, 0.15) is 18.3 Å². The smallest absolute Gasteiger partial charge is 0.192 e. The van der Waals surface area contributed by atoms with Crippen LogP contribution in [0.5, 0.6) is 0 Å². The van der Waals surface area contributed by atoms with Crippen LogP contribution in [0.1, 0.15) is 60.5 Å². The van der Waals surface area contributed by atoms with Crippen molar-refractivity contribution >= 4 is 22.5 Å². The molecule has 0 bridgehead atoms. The quantitative estimate of drug-likeness (QED) is 0.357. The maximum Gasteiger partial charge on any atom is 0.192 e. The van der Waals surface area contributed by atoms with Crippen molar-refractivity contribution in [2.45, 2.75) is 116 Å². The molecule has 1 aliphatic rings. The Hall–Kier alpha value is -0.876. The molecule has 1 heterocycles. The van der Waals surface area contributed by atoms with E-state index in [4.69, 9.17) is 13.6 Å². The molecule has 0 aromatic carbocycles. The van der Waals surface area contributed by atoms with Crippen molar-refractivity contribution in [1.29, 1.82) is 0 Å². The average Bonchev–Trinajstić information content (AvgIpc) is 2.98. The molecule has 1 N–H and O–H groups in total. The van der Waals surface area contributed by atoms with Crippen LogP contribution in [0.4, 0.5) is 10.2 Å². The molecule has 0 radical (unpaired) electrons. The number of hydrogen-bond acceptors (Lipinski definition) is 6. The van der Waals surface area contributed by atoms with Crippen LogP contribution in [0.25, 0.3) is 0 Å². The Morgan fingerprint density at radius 3 is 2.24 bits per heavy atom. The molecule has 0 spiro atoms. The van der Waals surface area contributed by atoms with E-state index in [9.17, 15) is 0 Å². The molecule has 0 saturated heterocycles. The molecule has 1 aromatic rings. The molecule has 1 aromatic heterocycles. The summed E-state index contributed by atoms with van der Waals surface area (Å²) in [5, 5.41) is 3.47. The highest BCUT2D eigenvalue weighted by Gasteiger charge is 2.50. The van der Waals surface area contributed by atoms with Crippen molar-refractivity contribution in [1.82, 2.24) is 9.97 Å². The summed E-state index contributed by atoms with van der Waals surface area (Å²) >= 11 is 0. The van der Waals surface area contributed by atoms with Gasteiger partial charge in [0.25, 0.3) is 0 Å². The Kier molecular flexibility index (Phi) is 9.52. The first kappa shape index (κ1) is 29.4. The summed E-state index contributed by atoms with van der Waals surface area (Å²) in [6.45, 7) is 25.6. The van der Waals surface area contributed by atoms with Gasteiger partial charge in [-0.1, -0.05) is 41.5 Å². The number of alkyl halides is 1. The van der Waals surface area contributed by atoms with Crippen LogP contribution in [0.3, 0.4) is 0 Å². The fourth-order valence-corrected chi connectivity index (χ4v) is 5.99. The number of nitrogens with zero attached hydrogens (tertiary/aromatic N) is 2. The van der Waals surface area contributed by atoms with E-state index in [1.807, 2.05) is 6.92 Å². The number of nitrogens with one attached hydrogen (secondary N) is 1. The summed E-state index contributed by atoms with van der Waals surface area (Å²) in [6.07, 6.45) is 2.20. The summed E-state index contributed by atoms with van der Waals surface area (Å²) < 4.78 is 34.9. The number of halogens is 1. The predicted molar refractivity (Wildman–Crippen MR) is 143 cm³/mol. The first-order valence-corrected chi connectivity index (χ1v) is 18.4. The minimum absolute atomic E-state index is 0.000386. The molecule has 34 heavy (non-hydrogen) atoms. The fraction of sp³-hybridized carbons (Fsp3) is 0.840. The molecule has 1 aliphatic carbocycles. The highest BCUT2D eigenvalue weighted by molar-refractivity contribution is 6.74. The zero-order valence-corrected chi connectivity index (χ0v) is 25.3. The van der Waals surface area contributed by atoms with Crippen LogP contribution in [-0.2, 0) is 20.2 Å². The van der Waals surface area contributed by atoms with E-state index >= 15 is 4.39 Å². The second-order valence-electron chi connectivity index (χ2n) is 12.6. The first-order chi connectivity index (χ1) is 15.5. The number of anilines is 1. The molecular weight excluding hydrogens is 465 g/mol. The Morgan fingerprint density at radius 2 is 1.68 bits per heavy atom. The molecule has 2 rings (SSSR count). The number of ether oxygens (including phenoxy) is 1. The van der Waals surface area contributed by atoms with E-state index in [0.29, 0.717) is 32.1 Å². The van der Waals surface area contributed by atoms with Crippen molar-refractivity contribution < 1.29 is 18.0 Å². The van der Waals surface area contributed by atoms with Gasteiger partial charge in [0.15, 0.2) is 16.6 Å². The molecule has 6 nitrogen and oxygen atoms in total. The van der Waals surface area contributed by atoms with Crippen LogP contribution in [0.2, 0.25) is 36.3 Å². The zero-order chi connectivity index (χ0) is 25.9. The van der Waals surface area contributed by atoms with Gasteiger partial charge >= 0.3 is 0 Å². The minimum Gasteiger partial charge on any atom is -0.416 e. The van der Waals surface area contributed by atoms with Gasteiger partial charge in [-0.25, -0.2) is 14.4 Å². The molecular formula is C25H48FN3O3Si2. The number of aromatic nitrogens is 2. The Morgan fingerprint density at radius 1 is 1.06 bits per heavy atom.